The molecule has 0 radical (unpaired) electrons. The summed E-state index contributed by atoms with van der Waals surface area (Å²) in [6, 6.07) is 12.9. The molecule has 2 heterocycles. The van der Waals surface area contributed by atoms with Gasteiger partial charge < -0.3 is 14.9 Å². The minimum atomic E-state index is -0.714. The van der Waals surface area contributed by atoms with Crippen LogP contribution in [0.15, 0.2) is 88.6 Å². The molecule has 0 bridgehead atoms. The first-order valence-electron chi connectivity index (χ1n) is 10.3. The van der Waals surface area contributed by atoms with Gasteiger partial charge in [0.15, 0.2) is 0 Å². The molecule has 4 rings (SSSR count). The Balaban J connectivity index is 1.61. The van der Waals surface area contributed by atoms with Gasteiger partial charge in [0, 0.05) is 48.4 Å². The Morgan fingerprint density at radius 2 is 1.87 bits per heavy atom. The van der Waals surface area contributed by atoms with Crippen LogP contribution in [0.4, 0.5) is 5.69 Å². The number of benzene rings is 2. The van der Waals surface area contributed by atoms with Crippen LogP contribution < -0.4 is 4.90 Å². The lowest BCUT2D eigenvalue weighted by atomic mass is 10.1. The fraction of sp³-hybridized carbons (Fsp3) is 0.240. The van der Waals surface area contributed by atoms with Crippen molar-refractivity contribution >= 4 is 34.2 Å². The molecule has 0 aromatic heterocycles. The number of carboxylic acid groups (broad SMARTS) is 1. The second-order valence-electron chi connectivity index (χ2n) is 7.61. The Labute approximate surface area is 181 Å². The number of rotatable bonds is 7. The Morgan fingerprint density at radius 3 is 2.67 bits per heavy atom. The molecule has 0 saturated heterocycles. The molecule has 2 aromatic carbocycles. The summed E-state index contributed by atoms with van der Waals surface area (Å²) < 4.78 is 0. The lowest BCUT2D eigenvalue weighted by molar-refractivity contribution is -0.137. The zero-order chi connectivity index (χ0) is 20.9. The Morgan fingerprint density at radius 1 is 1.07 bits per heavy atom. The zero-order valence-electron chi connectivity index (χ0n) is 17.1. The molecule has 0 amide bonds. The van der Waals surface area contributed by atoms with E-state index in [1.165, 1.54) is 31.8 Å². The summed E-state index contributed by atoms with van der Waals surface area (Å²) in [4.78, 5) is 17.6. The summed E-state index contributed by atoms with van der Waals surface area (Å²) in [5.74, 6) is -0.714. The van der Waals surface area contributed by atoms with Gasteiger partial charge in [0.1, 0.15) is 0 Å². The predicted octanol–water partition coefficient (Wildman–Crippen LogP) is 6.14. The number of unbranched alkanes of at least 4 members (excludes halogenated alkanes) is 2. The fourth-order valence-electron chi connectivity index (χ4n) is 3.69. The number of allylic oxidation sites excluding steroid dienone is 4. The van der Waals surface area contributed by atoms with E-state index in [0.717, 1.165) is 25.8 Å². The number of thioether (sulfide) groups is 1. The molecule has 0 unspecified atom stereocenters. The van der Waals surface area contributed by atoms with Gasteiger partial charge in [-0.25, -0.2) is 0 Å². The van der Waals surface area contributed by atoms with Gasteiger partial charge in [-0.15, -0.1) is 0 Å². The van der Waals surface area contributed by atoms with Crippen LogP contribution in [0, 0.1) is 0 Å². The molecule has 2 aliphatic rings. The van der Waals surface area contributed by atoms with Crippen LogP contribution in [-0.2, 0) is 4.79 Å². The van der Waals surface area contributed by atoms with E-state index in [0.29, 0.717) is 0 Å². The number of fused-ring (bicyclic) bond motifs is 3. The Kier molecular flexibility index (Phi) is 6.29. The van der Waals surface area contributed by atoms with Crippen LogP contribution in [0.5, 0.6) is 0 Å². The van der Waals surface area contributed by atoms with Crippen molar-refractivity contribution in [3.8, 4) is 0 Å². The summed E-state index contributed by atoms with van der Waals surface area (Å²) in [6.45, 7) is 0.882. The Hall–Kier alpha value is -2.92. The van der Waals surface area contributed by atoms with E-state index in [9.17, 15) is 4.79 Å². The summed E-state index contributed by atoms with van der Waals surface area (Å²) in [5, 5.41) is 11.4. The Bertz CT molecular complexity index is 1050. The predicted molar refractivity (Wildman–Crippen MR) is 125 cm³/mol. The minimum absolute atomic E-state index is 0.247. The molecule has 0 fully saturated rings. The number of nitrogens with zero attached hydrogens (tertiary/aromatic N) is 2. The number of carboxylic acids is 1. The minimum Gasteiger partial charge on any atom is -0.481 e. The van der Waals surface area contributed by atoms with Gasteiger partial charge in [-0.1, -0.05) is 48.5 Å². The van der Waals surface area contributed by atoms with E-state index >= 15 is 0 Å². The molecule has 4 nitrogen and oxygen atoms in total. The van der Waals surface area contributed by atoms with Gasteiger partial charge in [0.05, 0.1) is 5.69 Å². The van der Waals surface area contributed by atoms with Crippen molar-refractivity contribution in [1.29, 1.82) is 0 Å². The average Bonchev–Trinajstić information content (AvgIpc) is 2.75. The van der Waals surface area contributed by atoms with E-state index in [1.807, 2.05) is 23.7 Å². The van der Waals surface area contributed by atoms with Gasteiger partial charge in [0.25, 0.3) is 0 Å². The highest BCUT2D eigenvalue weighted by molar-refractivity contribution is 8.03. The van der Waals surface area contributed by atoms with Crippen LogP contribution in [0.2, 0.25) is 0 Å². The lowest BCUT2D eigenvalue weighted by Crippen LogP contribution is -2.21. The molecular weight excluding hydrogens is 392 g/mol. The number of carbonyl (C=O) groups is 1. The summed E-state index contributed by atoms with van der Waals surface area (Å²) in [6.07, 6.45) is 15.7. The van der Waals surface area contributed by atoms with E-state index in [-0.39, 0.29) is 6.42 Å². The van der Waals surface area contributed by atoms with E-state index in [1.54, 1.807) is 0 Å². The van der Waals surface area contributed by atoms with Gasteiger partial charge >= 0.3 is 5.97 Å². The zero-order valence-corrected chi connectivity index (χ0v) is 17.9. The van der Waals surface area contributed by atoms with Crippen LogP contribution in [0.1, 0.15) is 25.7 Å². The van der Waals surface area contributed by atoms with E-state index < -0.39 is 5.97 Å². The van der Waals surface area contributed by atoms with Gasteiger partial charge in [-0.3, -0.25) is 4.79 Å². The maximum atomic E-state index is 10.8. The van der Waals surface area contributed by atoms with Gasteiger partial charge in [0.2, 0.25) is 0 Å². The van der Waals surface area contributed by atoms with Crippen LogP contribution in [-0.4, -0.2) is 29.6 Å². The first-order valence-corrected chi connectivity index (χ1v) is 11.1. The molecule has 5 heteroatoms. The number of anilines is 1. The number of hydrogen-bond acceptors (Lipinski definition) is 4. The van der Waals surface area contributed by atoms with Crippen LogP contribution >= 0.6 is 11.8 Å². The highest BCUT2D eigenvalue weighted by Crippen LogP contribution is 2.45. The maximum Gasteiger partial charge on any atom is 0.303 e. The van der Waals surface area contributed by atoms with E-state index in [4.69, 9.17) is 5.11 Å². The number of hydrogen-bond donors (Lipinski definition) is 1. The first-order chi connectivity index (χ1) is 14.6. The average molecular weight is 419 g/mol. The quantitative estimate of drug-likeness (QED) is 0.547. The summed E-state index contributed by atoms with van der Waals surface area (Å²) in [7, 11) is 2.02. The third-order valence-electron chi connectivity index (χ3n) is 5.27. The number of aliphatic carboxylic acids is 1. The molecule has 0 saturated carbocycles. The first kappa shape index (κ1) is 20.4. The topological polar surface area (TPSA) is 43.8 Å². The lowest BCUT2D eigenvalue weighted by Gasteiger charge is -2.29. The molecule has 0 aliphatic carbocycles. The SMILES string of the molecule is CN1C=CC(=CC2=CN(CCCCCC(=O)O)c3ccc4ccccc4c3S2)C=C1. The summed E-state index contributed by atoms with van der Waals surface area (Å²) in [5.41, 5.74) is 2.41. The van der Waals surface area contributed by atoms with Crippen molar-refractivity contribution in [1.82, 2.24) is 4.90 Å². The smallest absolute Gasteiger partial charge is 0.303 e. The molecule has 154 valence electrons. The molecule has 2 aliphatic heterocycles. The van der Waals surface area contributed by atoms with Crippen molar-refractivity contribution in [2.45, 2.75) is 30.6 Å². The molecule has 0 spiro atoms. The summed E-state index contributed by atoms with van der Waals surface area (Å²) >= 11 is 1.82. The van der Waals surface area contributed by atoms with Crippen molar-refractivity contribution in [3.63, 3.8) is 0 Å². The fourth-order valence-corrected chi connectivity index (χ4v) is 4.89. The molecule has 0 atom stereocenters. The molecule has 1 N–H and O–H groups in total. The maximum absolute atomic E-state index is 10.8. The van der Waals surface area contributed by atoms with Crippen molar-refractivity contribution in [2.75, 3.05) is 18.5 Å². The normalized spacial score (nSPS) is 15.4. The highest BCUT2D eigenvalue weighted by atomic mass is 32.2. The second kappa shape index (κ2) is 9.26. The third kappa shape index (κ3) is 4.79. The monoisotopic (exact) mass is 418 g/mol. The second-order valence-corrected chi connectivity index (χ2v) is 8.69. The van der Waals surface area contributed by atoms with Crippen molar-refractivity contribution in [3.05, 3.63) is 83.7 Å². The van der Waals surface area contributed by atoms with Crippen LogP contribution in [0.25, 0.3) is 10.8 Å². The molecule has 2 aromatic rings. The molecule has 30 heavy (non-hydrogen) atoms. The molecular formula is C25H26N2O2S. The van der Waals surface area contributed by atoms with Gasteiger partial charge in [-0.2, -0.15) is 0 Å². The standard InChI is InChI=1S/C25H26N2O2S/c1-26-15-12-19(13-16-26)17-21-18-27(14-6-2-3-9-24(28)29)23-11-10-20-7-4-5-8-22(20)25(23)30-21/h4-5,7-8,10-13,15-18H,2-3,6,9,14H2,1H3,(H,28,29). The van der Waals surface area contributed by atoms with Crippen molar-refractivity contribution in [2.24, 2.45) is 0 Å². The van der Waals surface area contributed by atoms with E-state index in [2.05, 4.69) is 78.1 Å². The highest BCUT2D eigenvalue weighted by Gasteiger charge is 2.20. The van der Waals surface area contributed by atoms with Crippen molar-refractivity contribution < 1.29 is 9.90 Å². The van der Waals surface area contributed by atoms with Gasteiger partial charge in [-0.05, 0) is 53.5 Å². The largest absolute Gasteiger partial charge is 0.481 e. The third-order valence-corrected chi connectivity index (χ3v) is 6.37. The van der Waals surface area contributed by atoms with Crippen LogP contribution in [0.3, 0.4) is 0 Å².